The maximum absolute atomic E-state index is 12.6. The fraction of sp³-hybridized carbons (Fsp3) is 0.174. The van der Waals surface area contributed by atoms with Gasteiger partial charge in [0, 0.05) is 76.4 Å². The Kier molecular flexibility index (Phi) is 11.6. The van der Waals surface area contributed by atoms with E-state index in [1.165, 1.54) is 29.8 Å². The average Bonchev–Trinajstić information content (AvgIpc) is 3.87. The van der Waals surface area contributed by atoms with Crippen molar-refractivity contribution in [2.24, 2.45) is 0 Å². The molecule has 1 unspecified atom stereocenters. The standard InChI is InChI=1S/C23H20F3N3.C23H18F3N3/c2*1-15(21-14-29-22-20(21)3-2-12-27-22)17-7-11-19(28-13-17)10-6-16-4-8-18(9-5-16)23(24,25)26/h2-5,7-9,11-15H,6,10H2,1H3,(H,27,29);2-5,7-9,11-14H,1,6,10H2,(H,27,29). The normalized spacial score (nSPS) is 12.3. The van der Waals surface area contributed by atoms with Crippen molar-refractivity contribution in [2.45, 2.75) is 50.9 Å². The zero-order chi connectivity index (χ0) is 40.9. The van der Waals surface area contributed by atoms with Gasteiger partial charge in [-0.2, -0.15) is 26.3 Å². The molecule has 0 aliphatic heterocycles. The highest BCUT2D eigenvalue weighted by Gasteiger charge is 2.30. The van der Waals surface area contributed by atoms with E-state index in [1.54, 1.807) is 18.6 Å². The van der Waals surface area contributed by atoms with E-state index in [0.29, 0.717) is 25.7 Å². The zero-order valence-electron chi connectivity index (χ0n) is 31.4. The van der Waals surface area contributed by atoms with E-state index >= 15 is 0 Å². The monoisotopic (exact) mass is 788 g/mol. The second-order valence-corrected chi connectivity index (χ2v) is 14.0. The number of pyridine rings is 4. The molecule has 0 saturated heterocycles. The quantitative estimate of drug-likeness (QED) is 0.135. The van der Waals surface area contributed by atoms with Crippen LogP contribution in [0.3, 0.4) is 0 Å². The second kappa shape index (κ2) is 16.9. The molecule has 6 nitrogen and oxygen atoms in total. The summed E-state index contributed by atoms with van der Waals surface area (Å²) >= 11 is 0. The fourth-order valence-electron chi connectivity index (χ4n) is 6.73. The Hall–Kier alpha value is -6.56. The predicted molar refractivity (Wildman–Crippen MR) is 214 cm³/mol. The van der Waals surface area contributed by atoms with Gasteiger partial charge in [0.15, 0.2) is 0 Å². The summed E-state index contributed by atoms with van der Waals surface area (Å²) in [6, 6.07) is 26.4. The summed E-state index contributed by atoms with van der Waals surface area (Å²) in [6.45, 7) is 6.32. The number of halogens is 6. The van der Waals surface area contributed by atoms with Crippen LogP contribution in [0.1, 0.15) is 68.7 Å². The van der Waals surface area contributed by atoms with E-state index in [9.17, 15) is 26.3 Å². The van der Waals surface area contributed by atoms with Crippen LogP contribution in [0.15, 0.2) is 141 Å². The van der Waals surface area contributed by atoms with Gasteiger partial charge in [-0.05, 0) is 114 Å². The molecule has 8 aromatic rings. The molecule has 0 aliphatic carbocycles. The van der Waals surface area contributed by atoms with Crippen molar-refractivity contribution in [2.75, 3.05) is 0 Å². The maximum Gasteiger partial charge on any atom is 0.416 e. The lowest BCUT2D eigenvalue weighted by molar-refractivity contribution is -0.138. The lowest BCUT2D eigenvalue weighted by Gasteiger charge is -2.12. The van der Waals surface area contributed by atoms with E-state index in [2.05, 4.69) is 55.5 Å². The summed E-state index contributed by atoms with van der Waals surface area (Å²) in [4.78, 5) is 24.0. The number of hydrogen-bond acceptors (Lipinski definition) is 4. The van der Waals surface area contributed by atoms with Gasteiger partial charge >= 0.3 is 12.4 Å². The Labute approximate surface area is 330 Å². The van der Waals surface area contributed by atoms with Crippen LogP contribution in [0.5, 0.6) is 0 Å². The Morgan fingerprint density at radius 3 is 1.62 bits per heavy atom. The molecular formula is C46H38F6N6. The summed E-state index contributed by atoms with van der Waals surface area (Å²) in [5.74, 6) is 0.171. The molecule has 8 rings (SSSR count). The number of rotatable bonds is 10. The Morgan fingerprint density at radius 2 is 1.10 bits per heavy atom. The maximum atomic E-state index is 12.6. The largest absolute Gasteiger partial charge is 0.416 e. The van der Waals surface area contributed by atoms with Crippen molar-refractivity contribution < 1.29 is 26.3 Å². The molecule has 0 radical (unpaired) electrons. The predicted octanol–water partition coefficient (Wildman–Crippen LogP) is 11.7. The van der Waals surface area contributed by atoms with Crippen molar-refractivity contribution in [3.8, 4) is 0 Å². The molecule has 12 heteroatoms. The van der Waals surface area contributed by atoms with Gasteiger partial charge in [-0.15, -0.1) is 0 Å². The van der Waals surface area contributed by atoms with Crippen molar-refractivity contribution in [1.29, 1.82) is 0 Å². The highest BCUT2D eigenvalue weighted by Crippen LogP contribution is 2.32. The van der Waals surface area contributed by atoms with Crippen LogP contribution >= 0.6 is 0 Å². The van der Waals surface area contributed by atoms with Crippen LogP contribution in [0.2, 0.25) is 0 Å². The highest BCUT2D eigenvalue weighted by atomic mass is 19.4. The van der Waals surface area contributed by atoms with Crippen LogP contribution in [-0.4, -0.2) is 29.9 Å². The number of nitrogens with one attached hydrogen (secondary N) is 2. The first-order valence-corrected chi connectivity index (χ1v) is 18.6. The number of alkyl halides is 6. The van der Waals surface area contributed by atoms with E-state index in [4.69, 9.17) is 0 Å². The van der Waals surface area contributed by atoms with Gasteiger partial charge in [0.1, 0.15) is 11.3 Å². The SMILES string of the molecule is C=C(c1ccc(CCc2ccc(C(F)(F)F)cc2)nc1)c1c[nH]c2ncccc12.CC(c1ccc(CCc2ccc(C(F)(F)F)cc2)nc1)c1c[nH]c2ncccc12. The summed E-state index contributed by atoms with van der Waals surface area (Å²) < 4.78 is 75.9. The van der Waals surface area contributed by atoms with Crippen LogP contribution in [0.4, 0.5) is 26.3 Å². The van der Waals surface area contributed by atoms with E-state index in [-0.39, 0.29) is 5.92 Å². The van der Waals surface area contributed by atoms with Crippen LogP contribution in [0.25, 0.3) is 27.6 Å². The summed E-state index contributed by atoms with van der Waals surface area (Å²) in [5, 5.41) is 2.11. The Morgan fingerprint density at radius 1 is 0.586 bits per heavy atom. The molecule has 0 bridgehead atoms. The minimum atomic E-state index is -4.31. The van der Waals surface area contributed by atoms with Crippen LogP contribution < -0.4 is 0 Å². The third-order valence-corrected chi connectivity index (χ3v) is 10.1. The minimum Gasteiger partial charge on any atom is -0.346 e. The third kappa shape index (κ3) is 9.34. The summed E-state index contributed by atoms with van der Waals surface area (Å²) in [6.07, 6.45) is 5.02. The molecule has 58 heavy (non-hydrogen) atoms. The van der Waals surface area contributed by atoms with Gasteiger partial charge in [-0.1, -0.05) is 49.9 Å². The number of hydrogen-bond donors (Lipinski definition) is 2. The Balaban J connectivity index is 0.000000177. The number of aromatic amines is 2. The van der Waals surface area contributed by atoms with Gasteiger partial charge in [0.05, 0.1) is 11.1 Å². The van der Waals surface area contributed by atoms with Crippen molar-refractivity contribution in [1.82, 2.24) is 29.9 Å². The van der Waals surface area contributed by atoms with Gasteiger partial charge in [0.2, 0.25) is 0 Å². The first kappa shape index (κ1) is 39.7. The number of nitrogens with zero attached hydrogens (tertiary/aromatic N) is 4. The highest BCUT2D eigenvalue weighted by molar-refractivity contribution is 5.94. The average molecular weight is 789 g/mol. The van der Waals surface area contributed by atoms with Crippen molar-refractivity contribution >= 4 is 27.6 Å². The fourth-order valence-corrected chi connectivity index (χ4v) is 6.73. The number of H-pyrrole nitrogens is 2. The molecule has 0 fully saturated rings. The molecule has 2 aromatic carbocycles. The van der Waals surface area contributed by atoms with Gasteiger partial charge in [-0.25, -0.2) is 9.97 Å². The molecule has 294 valence electrons. The van der Waals surface area contributed by atoms with Gasteiger partial charge in [-0.3, -0.25) is 9.97 Å². The number of aryl methyl sites for hydroxylation is 4. The Bertz CT molecular complexity index is 2610. The second-order valence-electron chi connectivity index (χ2n) is 14.0. The third-order valence-electron chi connectivity index (χ3n) is 10.1. The smallest absolute Gasteiger partial charge is 0.346 e. The topological polar surface area (TPSA) is 83.1 Å². The molecule has 0 saturated carbocycles. The molecule has 6 aromatic heterocycles. The van der Waals surface area contributed by atoms with E-state index in [1.807, 2.05) is 55.0 Å². The van der Waals surface area contributed by atoms with Gasteiger partial charge < -0.3 is 9.97 Å². The number of benzene rings is 2. The van der Waals surface area contributed by atoms with Gasteiger partial charge in [0.25, 0.3) is 0 Å². The van der Waals surface area contributed by atoms with Crippen molar-refractivity contribution in [3.63, 3.8) is 0 Å². The first-order valence-electron chi connectivity index (χ1n) is 18.6. The first-order chi connectivity index (χ1) is 27.8. The number of aromatic nitrogens is 6. The molecule has 0 spiro atoms. The zero-order valence-corrected chi connectivity index (χ0v) is 31.4. The van der Waals surface area contributed by atoms with Crippen LogP contribution in [-0.2, 0) is 38.0 Å². The van der Waals surface area contributed by atoms with Crippen molar-refractivity contribution in [3.05, 3.63) is 197 Å². The summed E-state index contributed by atoms with van der Waals surface area (Å²) in [7, 11) is 0. The minimum absolute atomic E-state index is 0.171. The lowest BCUT2D eigenvalue weighted by atomic mass is 9.94. The molecular weight excluding hydrogens is 751 g/mol. The van der Waals surface area contributed by atoms with E-state index in [0.717, 1.165) is 91.1 Å². The van der Waals surface area contributed by atoms with Crippen LogP contribution in [0, 0.1) is 0 Å². The molecule has 0 aliphatic rings. The number of fused-ring (bicyclic) bond motifs is 2. The molecule has 6 heterocycles. The summed E-state index contributed by atoms with van der Waals surface area (Å²) in [5.41, 5.74) is 8.96. The molecule has 2 N–H and O–H groups in total. The lowest BCUT2D eigenvalue weighted by Crippen LogP contribution is -2.04. The molecule has 1 atom stereocenters. The van der Waals surface area contributed by atoms with E-state index < -0.39 is 23.5 Å². The molecule has 0 amide bonds.